The molecule has 1 aliphatic carbocycles. The number of ketones is 2. The van der Waals surface area contributed by atoms with E-state index < -0.39 is 0 Å². The van der Waals surface area contributed by atoms with Gasteiger partial charge in [0.2, 0.25) is 0 Å². The number of piperazine rings is 1. The summed E-state index contributed by atoms with van der Waals surface area (Å²) in [5.74, 6) is -0.319. The first-order valence-corrected chi connectivity index (χ1v) is 9.35. The van der Waals surface area contributed by atoms with Crippen LogP contribution >= 0.6 is 0 Å². The van der Waals surface area contributed by atoms with E-state index in [0.29, 0.717) is 40.2 Å². The van der Waals surface area contributed by atoms with E-state index in [-0.39, 0.29) is 11.6 Å². The molecule has 0 bridgehead atoms. The van der Waals surface area contributed by atoms with E-state index in [9.17, 15) is 9.59 Å². The maximum absolute atomic E-state index is 13.2. The number of nitrogens with one attached hydrogen (secondary N) is 1. The third kappa shape index (κ3) is 2.77. The van der Waals surface area contributed by atoms with Crippen LogP contribution in [0.4, 0.5) is 17.1 Å². The highest BCUT2D eigenvalue weighted by Gasteiger charge is 2.35. The van der Waals surface area contributed by atoms with Crippen LogP contribution in [0.25, 0.3) is 0 Å². The van der Waals surface area contributed by atoms with Crippen molar-refractivity contribution in [3.8, 4) is 0 Å². The molecule has 0 amide bonds. The number of hydrogen-bond acceptors (Lipinski definition) is 6. The second-order valence-corrected chi connectivity index (χ2v) is 7.13. The summed E-state index contributed by atoms with van der Waals surface area (Å²) >= 11 is 0. The Labute approximate surface area is 158 Å². The largest absolute Gasteiger partial charge is 0.396 e. The Hall–Kier alpha value is -2.86. The van der Waals surface area contributed by atoms with Crippen molar-refractivity contribution < 1.29 is 9.59 Å². The molecule has 6 nitrogen and oxygen atoms in total. The molecule has 27 heavy (non-hydrogen) atoms. The lowest BCUT2D eigenvalue weighted by Gasteiger charge is -2.36. The molecule has 2 aromatic carbocycles. The van der Waals surface area contributed by atoms with Gasteiger partial charge in [0.15, 0.2) is 11.6 Å². The van der Waals surface area contributed by atoms with E-state index in [4.69, 9.17) is 5.73 Å². The molecule has 0 aromatic heterocycles. The standard InChI is InChI=1S/C21H24N4O2/c1-3-23-15-12-16(25-10-8-24(2)9-11-25)19(22)18-17(15)20(26)13-6-4-5-7-14(13)21(18)27/h4-7,12,23H,3,8-11,22H2,1-2H3. The average Bonchev–Trinajstić information content (AvgIpc) is 2.68. The molecule has 3 N–H and O–H groups in total. The van der Waals surface area contributed by atoms with Gasteiger partial charge in [-0.25, -0.2) is 0 Å². The van der Waals surface area contributed by atoms with Crippen LogP contribution in [-0.4, -0.2) is 56.2 Å². The summed E-state index contributed by atoms with van der Waals surface area (Å²) in [5.41, 5.74) is 10.0. The predicted molar refractivity (Wildman–Crippen MR) is 108 cm³/mol. The van der Waals surface area contributed by atoms with Crippen molar-refractivity contribution in [3.63, 3.8) is 0 Å². The van der Waals surface area contributed by atoms with Crippen molar-refractivity contribution in [3.05, 3.63) is 52.6 Å². The topological polar surface area (TPSA) is 78.7 Å². The summed E-state index contributed by atoms with van der Waals surface area (Å²) in [6, 6.07) is 8.90. The van der Waals surface area contributed by atoms with Crippen molar-refractivity contribution in [2.75, 3.05) is 55.7 Å². The highest BCUT2D eigenvalue weighted by atomic mass is 16.1. The molecule has 1 heterocycles. The summed E-state index contributed by atoms with van der Waals surface area (Å²) < 4.78 is 0. The maximum atomic E-state index is 13.2. The number of nitrogens with two attached hydrogens (primary N) is 1. The van der Waals surface area contributed by atoms with Crippen LogP contribution < -0.4 is 16.0 Å². The minimum absolute atomic E-state index is 0.146. The normalized spacial score (nSPS) is 16.9. The van der Waals surface area contributed by atoms with Gasteiger partial charge in [-0.2, -0.15) is 0 Å². The summed E-state index contributed by atoms with van der Waals surface area (Å²) in [5, 5.41) is 3.27. The fourth-order valence-corrected chi connectivity index (χ4v) is 3.94. The Balaban J connectivity index is 1.90. The van der Waals surface area contributed by atoms with Gasteiger partial charge in [0.05, 0.1) is 22.5 Å². The molecular weight excluding hydrogens is 340 g/mol. The van der Waals surface area contributed by atoms with Gasteiger partial charge in [-0.05, 0) is 20.0 Å². The molecule has 0 radical (unpaired) electrons. The fraction of sp³-hybridized carbons (Fsp3) is 0.333. The van der Waals surface area contributed by atoms with Gasteiger partial charge in [-0.15, -0.1) is 0 Å². The second-order valence-electron chi connectivity index (χ2n) is 7.13. The summed E-state index contributed by atoms with van der Waals surface area (Å²) in [7, 11) is 2.09. The van der Waals surface area contributed by atoms with Crippen LogP contribution in [0.15, 0.2) is 30.3 Å². The van der Waals surface area contributed by atoms with Crippen LogP contribution in [-0.2, 0) is 0 Å². The number of benzene rings is 2. The van der Waals surface area contributed by atoms with Gasteiger partial charge in [0, 0.05) is 49.5 Å². The molecule has 1 aliphatic heterocycles. The quantitative estimate of drug-likeness (QED) is 0.694. The number of fused-ring (bicyclic) bond motifs is 2. The van der Waals surface area contributed by atoms with Gasteiger partial charge in [0.1, 0.15) is 0 Å². The minimum Gasteiger partial charge on any atom is -0.396 e. The Morgan fingerprint density at radius 2 is 1.59 bits per heavy atom. The van der Waals surface area contributed by atoms with Crippen molar-refractivity contribution in [2.45, 2.75) is 6.92 Å². The zero-order chi connectivity index (χ0) is 19.1. The molecular formula is C21H24N4O2. The van der Waals surface area contributed by atoms with Crippen LogP contribution in [0.3, 0.4) is 0 Å². The third-order valence-electron chi connectivity index (χ3n) is 5.43. The minimum atomic E-state index is -0.173. The summed E-state index contributed by atoms with van der Waals surface area (Å²) in [6.07, 6.45) is 0. The molecule has 0 unspecified atom stereocenters. The van der Waals surface area contributed by atoms with Gasteiger partial charge < -0.3 is 20.9 Å². The van der Waals surface area contributed by atoms with Crippen molar-refractivity contribution in [1.29, 1.82) is 0 Å². The number of hydrogen-bond donors (Lipinski definition) is 2. The fourth-order valence-electron chi connectivity index (χ4n) is 3.94. The SMILES string of the molecule is CCNc1cc(N2CCN(C)CC2)c(N)c2c1C(=O)c1ccccc1C2=O. The molecule has 2 aliphatic rings. The van der Waals surface area contributed by atoms with E-state index in [2.05, 4.69) is 22.2 Å². The monoisotopic (exact) mass is 364 g/mol. The molecule has 1 fully saturated rings. The lowest BCUT2D eigenvalue weighted by molar-refractivity contribution is 0.0980. The van der Waals surface area contributed by atoms with E-state index in [1.54, 1.807) is 24.3 Å². The molecule has 6 heteroatoms. The number of anilines is 3. The Morgan fingerprint density at radius 1 is 1.00 bits per heavy atom. The summed E-state index contributed by atoms with van der Waals surface area (Å²) in [6.45, 7) is 6.17. The van der Waals surface area contributed by atoms with Gasteiger partial charge in [-0.1, -0.05) is 24.3 Å². The van der Waals surface area contributed by atoms with Crippen LogP contribution in [0.2, 0.25) is 0 Å². The molecule has 2 aromatic rings. The number of carbonyl (C=O) groups is 2. The molecule has 0 saturated carbocycles. The number of nitrogen functional groups attached to an aromatic ring is 1. The van der Waals surface area contributed by atoms with Crippen LogP contribution in [0.5, 0.6) is 0 Å². The Morgan fingerprint density at radius 3 is 2.19 bits per heavy atom. The number of likely N-dealkylation sites (N-methyl/N-ethyl adjacent to an activating group) is 1. The predicted octanol–water partition coefficient (Wildman–Crippen LogP) is 2.23. The third-order valence-corrected chi connectivity index (χ3v) is 5.43. The average molecular weight is 364 g/mol. The van der Waals surface area contributed by atoms with Crippen LogP contribution in [0, 0.1) is 0 Å². The maximum Gasteiger partial charge on any atom is 0.196 e. The van der Waals surface area contributed by atoms with E-state index >= 15 is 0 Å². The van der Waals surface area contributed by atoms with Crippen molar-refractivity contribution >= 4 is 28.6 Å². The Bertz CT molecular complexity index is 930. The second kappa shape index (κ2) is 6.70. The molecule has 1 saturated heterocycles. The molecule has 4 rings (SSSR count). The molecule has 140 valence electrons. The first-order valence-electron chi connectivity index (χ1n) is 9.35. The van der Waals surface area contributed by atoms with Gasteiger partial charge in [-0.3, -0.25) is 9.59 Å². The molecule has 0 spiro atoms. The smallest absolute Gasteiger partial charge is 0.196 e. The number of nitrogens with zero attached hydrogens (tertiary/aromatic N) is 2. The van der Waals surface area contributed by atoms with E-state index in [0.717, 1.165) is 31.9 Å². The Kier molecular flexibility index (Phi) is 4.36. The number of rotatable bonds is 3. The zero-order valence-electron chi connectivity index (χ0n) is 15.7. The highest BCUT2D eigenvalue weighted by molar-refractivity contribution is 6.32. The van der Waals surface area contributed by atoms with Crippen molar-refractivity contribution in [2.24, 2.45) is 0 Å². The van der Waals surface area contributed by atoms with Crippen molar-refractivity contribution in [1.82, 2.24) is 4.90 Å². The first kappa shape index (κ1) is 17.5. The van der Waals surface area contributed by atoms with Gasteiger partial charge >= 0.3 is 0 Å². The highest BCUT2D eigenvalue weighted by Crippen LogP contribution is 2.41. The lowest BCUT2D eigenvalue weighted by atomic mass is 9.81. The first-order chi connectivity index (χ1) is 13.0. The van der Waals surface area contributed by atoms with Crippen LogP contribution in [0.1, 0.15) is 38.8 Å². The van der Waals surface area contributed by atoms with E-state index in [1.165, 1.54) is 0 Å². The molecule has 0 atom stereocenters. The van der Waals surface area contributed by atoms with Gasteiger partial charge in [0.25, 0.3) is 0 Å². The zero-order valence-corrected chi connectivity index (χ0v) is 15.7. The number of carbonyl (C=O) groups excluding carboxylic acids is 2. The van der Waals surface area contributed by atoms with E-state index in [1.807, 2.05) is 13.0 Å². The summed E-state index contributed by atoms with van der Waals surface area (Å²) in [4.78, 5) is 30.9. The lowest BCUT2D eigenvalue weighted by Crippen LogP contribution is -2.45.